The van der Waals surface area contributed by atoms with E-state index in [0.29, 0.717) is 5.92 Å². The van der Waals surface area contributed by atoms with E-state index in [0.717, 1.165) is 63.1 Å². The molecule has 2 heteroatoms. The summed E-state index contributed by atoms with van der Waals surface area (Å²) >= 11 is 0. The quantitative estimate of drug-likeness (QED) is 0.187. The van der Waals surface area contributed by atoms with Crippen LogP contribution in [0.4, 0.5) is 0 Å². The van der Waals surface area contributed by atoms with Crippen molar-refractivity contribution >= 4 is 60.7 Å². The second-order valence-corrected chi connectivity index (χ2v) is 14.2. The summed E-state index contributed by atoms with van der Waals surface area (Å²) in [5.41, 5.74) is 15.2. The van der Waals surface area contributed by atoms with Crippen molar-refractivity contribution in [2.45, 2.75) is 19.3 Å². The van der Waals surface area contributed by atoms with Crippen molar-refractivity contribution in [3.05, 3.63) is 174 Å². The van der Waals surface area contributed by atoms with Crippen molar-refractivity contribution < 1.29 is 8.83 Å². The molecule has 0 bridgehead atoms. The summed E-state index contributed by atoms with van der Waals surface area (Å²) < 4.78 is 12.6. The Morgan fingerprint density at radius 1 is 0.442 bits per heavy atom. The predicted octanol–water partition coefficient (Wildman–Crippen LogP) is 14.1. The lowest BCUT2D eigenvalue weighted by atomic mass is 9.75. The molecule has 246 valence electrons. The van der Waals surface area contributed by atoms with Gasteiger partial charge >= 0.3 is 0 Å². The number of furan rings is 2. The standard InChI is InChI=1S/C50H34O2/c1-3-11-31(12-4-1)33-19-23-39-43(27-33)50(36-22-26-48-42(30-36)38-16-8-10-18-46(38)52-48)44-28-34(32-13-5-2-6-14-32)20-24-40(44)49(39)35-21-25-47-41(29-35)37-15-7-9-17-45(37)51-47/h1,3-5,7-27,29-30,34H,2,6,28H2. The maximum atomic E-state index is 6.32. The van der Waals surface area contributed by atoms with Gasteiger partial charge in [-0.25, -0.2) is 0 Å². The highest BCUT2D eigenvalue weighted by Gasteiger charge is 2.27. The number of hydrogen-bond donors (Lipinski definition) is 0. The minimum absolute atomic E-state index is 0.309. The molecule has 2 aliphatic carbocycles. The van der Waals surface area contributed by atoms with Gasteiger partial charge in [-0.15, -0.1) is 0 Å². The molecule has 0 spiro atoms. The Kier molecular flexibility index (Phi) is 6.54. The van der Waals surface area contributed by atoms with Gasteiger partial charge in [0.05, 0.1) is 0 Å². The predicted molar refractivity (Wildman–Crippen MR) is 217 cm³/mol. The van der Waals surface area contributed by atoms with E-state index < -0.39 is 0 Å². The summed E-state index contributed by atoms with van der Waals surface area (Å²) in [5, 5.41) is 7.10. The Bertz CT molecular complexity index is 2980. The second kappa shape index (κ2) is 11.6. The third-order valence-corrected chi connectivity index (χ3v) is 11.3. The van der Waals surface area contributed by atoms with Crippen LogP contribution in [-0.4, -0.2) is 0 Å². The average Bonchev–Trinajstić information content (AvgIpc) is 3.78. The lowest BCUT2D eigenvalue weighted by Gasteiger charge is -2.28. The van der Waals surface area contributed by atoms with Crippen LogP contribution in [0.2, 0.25) is 0 Å². The molecule has 0 aliphatic heterocycles. The minimum Gasteiger partial charge on any atom is -0.456 e. The van der Waals surface area contributed by atoms with Gasteiger partial charge in [0, 0.05) is 27.5 Å². The normalized spacial score (nSPS) is 15.6. The highest BCUT2D eigenvalue weighted by molar-refractivity contribution is 6.15. The molecule has 2 aliphatic rings. The molecule has 11 rings (SSSR count). The largest absolute Gasteiger partial charge is 0.456 e. The van der Waals surface area contributed by atoms with Crippen LogP contribution < -0.4 is 0 Å². The fourth-order valence-electron chi connectivity index (χ4n) is 8.81. The summed E-state index contributed by atoms with van der Waals surface area (Å²) in [6, 6.07) is 48.1. The summed E-state index contributed by atoms with van der Waals surface area (Å²) in [6.07, 6.45) is 15.1. The fourth-order valence-corrected chi connectivity index (χ4v) is 8.81. The molecule has 0 N–H and O–H groups in total. The number of hydrogen-bond acceptors (Lipinski definition) is 2. The Morgan fingerprint density at radius 2 is 1.06 bits per heavy atom. The molecule has 0 fully saturated rings. The third kappa shape index (κ3) is 4.57. The summed E-state index contributed by atoms with van der Waals surface area (Å²) in [4.78, 5) is 0. The molecule has 52 heavy (non-hydrogen) atoms. The van der Waals surface area contributed by atoms with Crippen molar-refractivity contribution in [3.63, 3.8) is 0 Å². The highest BCUT2D eigenvalue weighted by atomic mass is 16.3. The monoisotopic (exact) mass is 666 g/mol. The number of allylic oxidation sites excluding steroid dienone is 5. The van der Waals surface area contributed by atoms with Crippen LogP contribution in [0.5, 0.6) is 0 Å². The van der Waals surface area contributed by atoms with Gasteiger partial charge in [0.1, 0.15) is 22.3 Å². The first-order chi connectivity index (χ1) is 25.8. The van der Waals surface area contributed by atoms with Gasteiger partial charge in [0.25, 0.3) is 0 Å². The number of rotatable bonds is 4. The minimum atomic E-state index is 0.309. The van der Waals surface area contributed by atoms with Crippen LogP contribution in [0.15, 0.2) is 172 Å². The van der Waals surface area contributed by atoms with E-state index >= 15 is 0 Å². The number of para-hydroxylation sites is 2. The van der Waals surface area contributed by atoms with E-state index in [9.17, 15) is 0 Å². The van der Waals surface area contributed by atoms with Crippen LogP contribution in [0.1, 0.15) is 24.0 Å². The molecule has 0 amide bonds. The van der Waals surface area contributed by atoms with E-state index in [2.05, 4.69) is 152 Å². The average molecular weight is 667 g/mol. The van der Waals surface area contributed by atoms with E-state index in [4.69, 9.17) is 8.83 Å². The smallest absolute Gasteiger partial charge is 0.135 e. The molecule has 0 saturated carbocycles. The molecule has 0 saturated heterocycles. The number of benzene rings is 7. The molecule has 7 aromatic carbocycles. The molecule has 2 heterocycles. The van der Waals surface area contributed by atoms with Crippen LogP contribution in [0, 0.1) is 5.92 Å². The maximum absolute atomic E-state index is 6.32. The number of fused-ring (bicyclic) bond motifs is 8. The molecule has 9 aromatic rings. The first-order valence-electron chi connectivity index (χ1n) is 18.3. The van der Waals surface area contributed by atoms with E-state index in [1.165, 1.54) is 60.9 Å². The molecule has 1 atom stereocenters. The van der Waals surface area contributed by atoms with Gasteiger partial charge in [0.15, 0.2) is 0 Å². The van der Waals surface area contributed by atoms with Crippen molar-refractivity contribution in [1.82, 2.24) is 0 Å². The van der Waals surface area contributed by atoms with Crippen LogP contribution in [0.25, 0.3) is 94.1 Å². The van der Waals surface area contributed by atoms with Crippen molar-refractivity contribution in [3.8, 4) is 33.4 Å². The van der Waals surface area contributed by atoms with Gasteiger partial charge in [-0.05, 0) is 123 Å². The van der Waals surface area contributed by atoms with Gasteiger partial charge in [-0.2, -0.15) is 0 Å². The molecule has 2 aromatic heterocycles. The SMILES string of the molecule is C1=CC(C2C=Cc3c(c(-c4ccc5oc6ccccc6c5c4)c4cc(-c5ccccc5)ccc4c3-c3ccc4oc5ccccc5c4c3)C2)=CCC1. The topological polar surface area (TPSA) is 26.3 Å². The maximum Gasteiger partial charge on any atom is 0.135 e. The Balaban J connectivity index is 1.24. The molecular formula is C50H34O2. The van der Waals surface area contributed by atoms with E-state index in [1.54, 1.807) is 0 Å². The zero-order valence-electron chi connectivity index (χ0n) is 28.6. The van der Waals surface area contributed by atoms with E-state index in [-0.39, 0.29) is 0 Å². The zero-order chi connectivity index (χ0) is 34.2. The zero-order valence-corrected chi connectivity index (χ0v) is 28.6. The van der Waals surface area contributed by atoms with Crippen LogP contribution in [-0.2, 0) is 6.42 Å². The Hall–Kier alpha value is -6.38. The highest BCUT2D eigenvalue weighted by Crippen LogP contribution is 2.48. The molecule has 2 nitrogen and oxygen atoms in total. The first-order valence-corrected chi connectivity index (χ1v) is 18.3. The first kappa shape index (κ1) is 29.4. The summed E-state index contributed by atoms with van der Waals surface area (Å²) in [5.74, 6) is 0.309. The lowest BCUT2D eigenvalue weighted by molar-refractivity contribution is 0.668. The van der Waals surface area contributed by atoms with E-state index in [1.807, 2.05) is 12.1 Å². The van der Waals surface area contributed by atoms with Crippen LogP contribution in [0.3, 0.4) is 0 Å². The molecule has 1 unspecified atom stereocenters. The molecule has 0 radical (unpaired) electrons. The second-order valence-electron chi connectivity index (χ2n) is 14.2. The van der Waals surface area contributed by atoms with Gasteiger partial charge in [-0.3, -0.25) is 0 Å². The van der Waals surface area contributed by atoms with Crippen molar-refractivity contribution in [1.29, 1.82) is 0 Å². The van der Waals surface area contributed by atoms with Gasteiger partial charge in [0.2, 0.25) is 0 Å². The van der Waals surface area contributed by atoms with Crippen molar-refractivity contribution in [2.24, 2.45) is 5.92 Å². The Labute approximate surface area is 301 Å². The third-order valence-electron chi connectivity index (χ3n) is 11.3. The van der Waals surface area contributed by atoms with Crippen LogP contribution >= 0.6 is 0 Å². The lowest BCUT2D eigenvalue weighted by Crippen LogP contribution is -2.12. The molecular weight excluding hydrogens is 633 g/mol. The fraction of sp³-hybridized carbons (Fsp3) is 0.0800. The summed E-state index contributed by atoms with van der Waals surface area (Å²) in [7, 11) is 0. The van der Waals surface area contributed by atoms with Gasteiger partial charge in [-0.1, -0.05) is 121 Å². The van der Waals surface area contributed by atoms with Crippen molar-refractivity contribution in [2.75, 3.05) is 0 Å². The summed E-state index contributed by atoms with van der Waals surface area (Å²) in [6.45, 7) is 0. The van der Waals surface area contributed by atoms with Gasteiger partial charge < -0.3 is 8.83 Å². The Morgan fingerprint density at radius 3 is 1.75 bits per heavy atom.